The number of pyridine rings is 1. The molecular weight excluding hydrogens is 260 g/mol. The third kappa shape index (κ3) is 2.59. The molecule has 0 fully saturated rings. The van der Waals surface area contributed by atoms with Gasteiger partial charge in [-0.1, -0.05) is 12.1 Å². The molecule has 0 unspecified atom stereocenters. The number of benzene rings is 1. The molecule has 1 aromatic heterocycles. The van der Waals surface area contributed by atoms with E-state index in [0.717, 1.165) is 0 Å². The van der Waals surface area contributed by atoms with Crippen LogP contribution >= 0.6 is 0 Å². The zero-order valence-corrected chi connectivity index (χ0v) is 10.6. The number of anilines is 1. The summed E-state index contributed by atoms with van der Waals surface area (Å²) in [6.45, 7) is 1.63. The van der Waals surface area contributed by atoms with Gasteiger partial charge in [0, 0.05) is 18.5 Å². The molecule has 20 heavy (non-hydrogen) atoms. The molecule has 102 valence electrons. The Kier molecular flexibility index (Phi) is 3.65. The van der Waals surface area contributed by atoms with Crippen LogP contribution < -0.4 is 10.7 Å². The van der Waals surface area contributed by atoms with Gasteiger partial charge < -0.3 is 15.4 Å². The minimum absolute atomic E-state index is 0.00760. The lowest BCUT2D eigenvalue weighted by Gasteiger charge is -2.10. The van der Waals surface area contributed by atoms with Crippen LogP contribution in [0.25, 0.3) is 0 Å². The van der Waals surface area contributed by atoms with Gasteiger partial charge in [-0.2, -0.15) is 0 Å². The number of carbonyl (C=O) groups excluding carboxylic acids is 1. The molecule has 0 aliphatic heterocycles. The van der Waals surface area contributed by atoms with E-state index in [9.17, 15) is 14.4 Å². The first-order valence-electron chi connectivity index (χ1n) is 5.82. The number of amides is 1. The first-order valence-corrected chi connectivity index (χ1v) is 5.82. The maximum atomic E-state index is 12.0. The number of hydrogen-bond acceptors (Lipinski definition) is 3. The number of carboxylic acid groups (broad SMARTS) is 1. The number of rotatable bonds is 3. The van der Waals surface area contributed by atoms with E-state index in [1.807, 2.05) is 0 Å². The first-order chi connectivity index (χ1) is 9.50. The molecule has 0 spiro atoms. The molecule has 6 heteroatoms. The van der Waals surface area contributed by atoms with Crippen molar-refractivity contribution in [3.63, 3.8) is 0 Å². The highest BCUT2D eigenvalue weighted by Crippen LogP contribution is 2.19. The molecule has 6 nitrogen and oxygen atoms in total. The Bertz CT molecular complexity index is 734. The van der Waals surface area contributed by atoms with Gasteiger partial charge in [0.25, 0.3) is 5.91 Å². The van der Waals surface area contributed by atoms with Gasteiger partial charge >= 0.3 is 5.97 Å². The molecular formula is C14H12N2O4. The summed E-state index contributed by atoms with van der Waals surface area (Å²) >= 11 is 0. The van der Waals surface area contributed by atoms with E-state index in [-0.39, 0.29) is 16.8 Å². The summed E-state index contributed by atoms with van der Waals surface area (Å²) in [6.07, 6.45) is 2.68. The van der Waals surface area contributed by atoms with Crippen molar-refractivity contribution in [3.8, 4) is 0 Å². The first kappa shape index (κ1) is 13.5. The fourth-order valence-electron chi connectivity index (χ4n) is 1.84. The number of aromatic carboxylic acids is 1. The van der Waals surface area contributed by atoms with Crippen molar-refractivity contribution in [2.75, 3.05) is 5.32 Å². The SMILES string of the molecule is Cc1cccc(NC(=O)c2c[nH]ccc2=O)c1C(=O)O. The van der Waals surface area contributed by atoms with Gasteiger partial charge in [0.2, 0.25) is 0 Å². The predicted molar refractivity (Wildman–Crippen MR) is 73.2 cm³/mol. The van der Waals surface area contributed by atoms with Crippen LogP contribution in [0.4, 0.5) is 5.69 Å². The van der Waals surface area contributed by atoms with Crippen molar-refractivity contribution in [1.82, 2.24) is 4.98 Å². The highest BCUT2D eigenvalue weighted by atomic mass is 16.4. The van der Waals surface area contributed by atoms with Crippen molar-refractivity contribution in [2.45, 2.75) is 6.92 Å². The molecule has 0 aliphatic carbocycles. The molecule has 0 radical (unpaired) electrons. The summed E-state index contributed by atoms with van der Waals surface area (Å²) in [6, 6.07) is 5.97. The quantitative estimate of drug-likeness (QED) is 0.790. The summed E-state index contributed by atoms with van der Waals surface area (Å²) < 4.78 is 0. The third-order valence-corrected chi connectivity index (χ3v) is 2.80. The molecule has 0 aliphatic rings. The number of aromatic amines is 1. The summed E-state index contributed by atoms with van der Waals surface area (Å²) in [5.74, 6) is -1.79. The fourth-order valence-corrected chi connectivity index (χ4v) is 1.84. The second-order valence-electron chi connectivity index (χ2n) is 4.18. The smallest absolute Gasteiger partial charge is 0.338 e. The Morgan fingerprint density at radius 2 is 2.00 bits per heavy atom. The Hall–Kier alpha value is -2.89. The van der Waals surface area contributed by atoms with Crippen LogP contribution in [-0.2, 0) is 0 Å². The standard InChI is InChI=1S/C14H12N2O4/c1-8-3-2-4-10(12(8)14(19)20)16-13(18)9-7-15-6-5-11(9)17/h2-7H,1H3,(H,15,17)(H,16,18)(H,19,20). The normalized spacial score (nSPS) is 10.1. The van der Waals surface area contributed by atoms with Gasteiger partial charge in [0.15, 0.2) is 5.43 Å². The van der Waals surface area contributed by atoms with Gasteiger partial charge in [-0.05, 0) is 18.6 Å². The molecule has 0 saturated heterocycles. The number of hydrogen-bond donors (Lipinski definition) is 3. The minimum atomic E-state index is -1.14. The van der Waals surface area contributed by atoms with Crippen molar-refractivity contribution < 1.29 is 14.7 Å². The Morgan fingerprint density at radius 1 is 1.25 bits per heavy atom. The van der Waals surface area contributed by atoms with E-state index in [2.05, 4.69) is 10.3 Å². The van der Waals surface area contributed by atoms with Crippen LogP contribution in [0.3, 0.4) is 0 Å². The molecule has 0 atom stereocenters. The van der Waals surface area contributed by atoms with Gasteiger partial charge in [-0.15, -0.1) is 0 Å². The van der Waals surface area contributed by atoms with E-state index in [0.29, 0.717) is 5.56 Å². The van der Waals surface area contributed by atoms with E-state index in [1.54, 1.807) is 19.1 Å². The van der Waals surface area contributed by atoms with Crippen LogP contribution in [0.1, 0.15) is 26.3 Å². The van der Waals surface area contributed by atoms with Crippen LogP contribution in [0.5, 0.6) is 0 Å². The Labute approximate surface area is 114 Å². The predicted octanol–water partition coefficient (Wildman–Crippen LogP) is 1.63. The largest absolute Gasteiger partial charge is 0.478 e. The van der Waals surface area contributed by atoms with Crippen LogP contribution in [0, 0.1) is 6.92 Å². The molecule has 2 aromatic rings. The fraction of sp³-hybridized carbons (Fsp3) is 0.0714. The summed E-state index contributed by atoms with van der Waals surface area (Å²) in [4.78, 5) is 37.4. The maximum absolute atomic E-state index is 12.0. The number of nitrogens with one attached hydrogen (secondary N) is 2. The van der Waals surface area contributed by atoms with E-state index >= 15 is 0 Å². The Morgan fingerprint density at radius 3 is 2.65 bits per heavy atom. The third-order valence-electron chi connectivity index (χ3n) is 2.80. The average molecular weight is 272 g/mol. The topological polar surface area (TPSA) is 99.3 Å². The van der Waals surface area contributed by atoms with E-state index < -0.39 is 17.3 Å². The lowest BCUT2D eigenvalue weighted by Crippen LogP contribution is -2.22. The zero-order chi connectivity index (χ0) is 14.7. The summed E-state index contributed by atoms with van der Waals surface area (Å²) in [5, 5.41) is 11.6. The molecule has 1 amide bonds. The lowest BCUT2D eigenvalue weighted by molar-refractivity contribution is 0.0697. The van der Waals surface area contributed by atoms with Gasteiger partial charge in [0.05, 0.1) is 11.3 Å². The highest BCUT2D eigenvalue weighted by molar-refractivity contribution is 6.07. The van der Waals surface area contributed by atoms with E-state index in [4.69, 9.17) is 5.11 Å². The monoisotopic (exact) mass is 272 g/mol. The number of carbonyl (C=O) groups is 2. The molecule has 3 N–H and O–H groups in total. The van der Waals surface area contributed by atoms with Gasteiger partial charge in [-0.3, -0.25) is 9.59 Å². The lowest BCUT2D eigenvalue weighted by atomic mass is 10.1. The van der Waals surface area contributed by atoms with Crippen molar-refractivity contribution in [2.24, 2.45) is 0 Å². The molecule has 0 bridgehead atoms. The average Bonchev–Trinajstić information content (AvgIpc) is 2.38. The van der Waals surface area contributed by atoms with E-state index in [1.165, 1.54) is 24.5 Å². The number of H-pyrrole nitrogens is 1. The maximum Gasteiger partial charge on any atom is 0.338 e. The summed E-state index contributed by atoms with van der Waals surface area (Å²) in [5.41, 5.74) is 0.173. The van der Waals surface area contributed by atoms with Gasteiger partial charge in [-0.25, -0.2) is 4.79 Å². The van der Waals surface area contributed by atoms with Crippen molar-refractivity contribution in [3.05, 3.63) is 63.6 Å². The van der Waals surface area contributed by atoms with Gasteiger partial charge in [0.1, 0.15) is 5.56 Å². The Balaban J connectivity index is 2.39. The molecule has 2 rings (SSSR count). The van der Waals surface area contributed by atoms with Crippen LogP contribution in [0.2, 0.25) is 0 Å². The minimum Gasteiger partial charge on any atom is -0.478 e. The number of aromatic nitrogens is 1. The molecule has 1 heterocycles. The van der Waals surface area contributed by atoms with Crippen molar-refractivity contribution in [1.29, 1.82) is 0 Å². The zero-order valence-electron chi connectivity index (χ0n) is 10.6. The van der Waals surface area contributed by atoms with Crippen molar-refractivity contribution >= 4 is 17.6 Å². The number of carboxylic acids is 1. The molecule has 0 saturated carbocycles. The second-order valence-corrected chi connectivity index (χ2v) is 4.18. The highest BCUT2D eigenvalue weighted by Gasteiger charge is 2.16. The molecule has 1 aromatic carbocycles. The van der Waals surface area contributed by atoms with Crippen LogP contribution in [0.15, 0.2) is 41.5 Å². The second kappa shape index (κ2) is 5.40. The van der Waals surface area contributed by atoms with Crippen LogP contribution in [-0.4, -0.2) is 22.0 Å². The summed E-state index contributed by atoms with van der Waals surface area (Å²) in [7, 11) is 0. The number of aryl methyl sites for hydroxylation is 1.